The molecule has 124 valence electrons. The molecule has 0 saturated heterocycles. The van der Waals surface area contributed by atoms with E-state index in [0.717, 1.165) is 39.1 Å². The van der Waals surface area contributed by atoms with Crippen molar-refractivity contribution in [2.24, 2.45) is 0 Å². The molecule has 2 heterocycles. The summed E-state index contributed by atoms with van der Waals surface area (Å²) in [5.41, 5.74) is 4.81. The van der Waals surface area contributed by atoms with Crippen molar-refractivity contribution in [2.75, 3.05) is 0 Å². The number of phenols is 1. The fraction of sp³-hybridized carbons (Fsp3) is 0. The van der Waals surface area contributed by atoms with Gasteiger partial charge in [0.15, 0.2) is 5.82 Å². The minimum absolute atomic E-state index is 0.233. The van der Waals surface area contributed by atoms with Gasteiger partial charge in [-0.2, -0.15) is 5.10 Å². The fourth-order valence-corrected chi connectivity index (χ4v) is 3.23. The van der Waals surface area contributed by atoms with Gasteiger partial charge in [0.25, 0.3) is 0 Å². The molecule has 0 aliphatic heterocycles. The van der Waals surface area contributed by atoms with Crippen LogP contribution in [0.4, 0.5) is 0 Å². The quantitative estimate of drug-likeness (QED) is 0.497. The zero-order chi connectivity index (χ0) is 17.5. The van der Waals surface area contributed by atoms with Crippen LogP contribution >= 0.6 is 0 Å². The molecule has 0 aliphatic carbocycles. The molecule has 0 fully saturated rings. The first kappa shape index (κ1) is 14.7. The van der Waals surface area contributed by atoms with Crippen molar-refractivity contribution in [1.82, 2.24) is 14.6 Å². The molecule has 0 radical (unpaired) electrons. The Bertz CT molecular complexity index is 1230. The summed E-state index contributed by atoms with van der Waals surface area (Å²) in [6.45, 7) is 0. The topological polar surface area (TPSA) is 50.4 Å². The van der Waals surface area contributed by atoms with Gasteiger partial charge in [-0.15, -0.1) is 0 Å². The molecule has 3 aromatic carbocycles. The SMILES string of the molecule is Oc1ccc(-c2nc3ccccc3c3cc(-c4ccccc4)nn23)cc1. The van der Waals surface area contributed by atoms with Gasteiger partial charge in [-0.3, -0.25) is 0 Å². The van der Waals surface area contributed by atoms with Gasteiger partial charge in [0, 0.05) is 16.5 Å². The van der Waals surface area contributed by atoms with Crippen molar-refractivity contribution in [3.8, 4) is 28.4 Å². The van der Waals surface area contributed by atoms with Crippen LogP contribution in [0.2, 0.25) is 0 Å². The third kappa shape index (κ3) is 2.31. The summed E-state index contributed by atoms with van der Waals surface area (Å²) in [7, 11) is 0. The second-order valence-electron chi connectivity index (χ2n) is 6.19. The Morgan fingerprint density at radius 2 is 1.46 bits per heavy atom. The lowest BCUT2D eigenvalue weighted by molar-refractivity contribution is 0.475. The number of para-hydroxylation sites is 1. The Hall–Kier alpha value is -3.66. The fourth-order valence-electron chi connectivity index (χ4n) is 3.23. The standard InChI is InChI=1S/C22H15N3O/c26-17-12-10-16(11-13-17)22-23-19-9-5-4-8-18(19)21-14-20(24-25(21)22)15-6-2-1-3-7-15/h1-14,26H. The number of benzene rings is 3. The van der Waals surface area contributed by atoms with E-state index < -0.39 is 0 Å². The Balaban J connectivity index is 1.85. The largest absolute Gasteiger partial charge is 0.508 e. The Morgan fingerprint density at radius 1 is 0.731 bits per heavy atom. The molecular formula is C22H15N3O. The lowest BCUT2D eigenvalue weighted by atomic mass is 10.1. The number of aromatic hydroxyl groups is 1. The molecule has 0 atom stereocenters. The van der Waals surface area contributed by atoms with Crippen molar-refractivity contribution in [2.45, 2.75) is 0 Å². The highest BCUT2D eigenvalue weighted by Crippen LogP contribution is 2.29. The summed E-state index contributed by atoms with van der Waals surface area (Å²) in [6, 6.07) is 27.3. The number of aromatic nitrogens is 3. The van der Waals surface area contributed by atoms with Gasteiger partial charge in [-0.05, 0) is 36.4 Å². The number of phenolic OH excluding ortho intramolecular Hbond substituents is 1. The van der Waals surface area contributed by atoms with Gasteiger partial charge >= 0.3 is 0 Å². The van der Waals surface area contributed by atoms with E-state index in [-0.39, 0.29) is 5.75 Å². The maximum absolute atomic E-state index is 9.60. The Morgan fingerprint density at radius 3 is 2.27 bits per heavy atom. The maximum atomic E-state index is 9.60. The summed E-state index contributed by atoms with van der Waals surface area (Å²) in [4.78, 5) is 4.83. The maximum Gasteiger partial charge on any atom is 0.161 e. The predicted octanol–water partition coefficient (Wildman–Crippen LogP) is 4.92. The van der Waals surface area contributed by atoms with Crippen LogP contribution in [-0.2, 0) is 0 Å². The van der Waals surface area contributed by atoms with Gasteiger partial charge in [0.1, 0.15) is 5.75 Å². The van der Waals surface area contributed by atoms with E-state index in [1.807, 2.05) is 53.0 Å². The minimum Gasteiger partial charge on any atom is -0.508 e. The van der Waals surface area contributed by atoms with Crippen LogP contribution in [0.25, 0.3) is 39.1 Å². The molecule has 5 rings (SSSR count). The van der Waals surface area contributed by atoms with E-state index in [1.165, 1.54) is 0 Å². The zero-order valence-electron chi connectivity index (χ0n) is 13.9. The van der Waals surface area contributed by atoms with Crippen LogP contribution in [0.1, 0.15) is 0 Å². The van der Waals surface area contributed by atoms with Gasteiger partial charge in [0.05, 0.1) is 16.7 Å². The van der Waals surface area contributed by atoms with Crippen molar-refractivity contribution >= 4 is 16.4 Å². The van der Waals surface area contributed by atoms with Crippen molar-refractivity contribution in [1.29, 1.82) is 0 Å². The van der Waals surface area contributed by atoms with Gasteiger partial charge in [-0.1, -0.05) is 48.5 Å². The molecule has 0 spiro atoms. The Kier molecular flexibility index (Phi) is 3.22. The molecule has 0 unspecified atom stereocenters. The van der Waals surface area contributed by atoms with E-state index in [2.05, 4.69) is 24.3 Å². The zero-order valence-corrected chi connectivity index (χ0v) is 13.9. The molecule has 1 N–H and O–H groups in total. The molecule has 0 amide bonds. The number of hydrogen-bond donors (Lipinski definition) is 1. The van der Waals surface area contributed by atoms with E-state index >= 15 is 0 Å². The van der Waals surface area contributed by atoms with E-state index in [9.17, 15) is 5.11 Å². The first-order valence-corrected chi connectivity index (χ1v) is 8.43. The summed E-state index contributed by atoms with van der Waals surface area (Å²) >= 11 is 0. The van der Waals surface area contributed by atoms with Crippen LogP contribution < -0.4 is 0 Å². The number of hydrogen-bond acceptors (Lipinski definition) is 3. The molecule has 5 aromatic rings. The van der Waals surface area contributed by atoms with Crippen LogP contribution in [0.15, 0.2) is 84.9 Å². The monoisotopic (exact) mass is 337 g/mol. The average molecular weight is 337 g/mol. The lowest BCUT2D eigenvalue weighted by Crippen LogP contribution is -1.99. The average Bonchev–Trinajstić information content (AvgIpc) is 3.14. The van der Waals surface area contributed by atoms with Crippen LogP contribution in [0.3, 0.4) is 0 Å². The van der Waals surface area contributed by atoms with Crippen LogP contribution in [0.5, 0.6) is 5.75 Å². The molecule has 0 saturated carbocycles. The van der Waals surface area contributed by atoms with Crippen molar-refractivity contribution < 1.29 is 5.11 Å². The molecule has 0 aliphatic rings. The highest BCUT2D eigenvalue weighted by molar-refractivity contribution is 5.96. The summed E-state index contributed by atoms with van der Waals surface area (Å²) in [5, 5.41) is 15.5. The first-order chi connectivity index (χ1) is 12.8. The normalized spacial score (nSPS) is 11.2. The number of nitrogens with zero attached hydrogens (tertiary/aromatic N) is 3. The second kappa shape index (κ2) is 5.70. The van der Waals surface area contributed by atoms with Crippen molar-refractivity contribution in [3.05, 3.63) is 84.9 Å². The summed E-state index contributed by atoms with van der Waals surface area (Å²) < 4.78 is 1.89. The molecule has 2 aromatic heterocycles. The number of rotatable bonds is 2. The molecule has 4 heteroatoms. The second-order valence-corrected chi connectivity index (χ2v) is 6.19. The summed E-state index contributed by atoms with van der Waals surface area (Å²) in [5.74, 6) is 0.983. The first-order valence-electron chi connectivity index (χ1n) is 8.43. The highest BCUT2D eigenvalue weighted by atomic mass is 16.3. The van der Waals surface area contributed by atoms with Crippen LogP contribution in [-0.4, -0.2) is 19.7 Å². The molecule has 26 heavy (non-hydrogen) atoms. The molecular weight excluding hydrogens is 322 g/mol. The molecule has 4 nitrogen and oxygen atoms in total. The summed E-state index contributed by atoms with van der Waals surface area (Å²) in [6.07, 6.45) is 0. The third-order valence-corrected chi connectivity index (χ3v) is 4.51. The molecule has 0 bridgehead atoms. The Labute approximate surface area is 150 Å². The highest BCUT2D eigenvalue weighted by Gasteiger charge is 2.14. The minimum atomic E-state index is 0.233. The van der Waals surface area contributed by atoms with Crippen LogP contribution in [0, 0.1) is 0 Å². The smallest absolute Gasteiger partial charge is 0.161 e. The van der Waals surface area contributed by atoms with Gasteiger partial charge in [-0.25, -0.2) is 9.50 Å². The van der Waals surface area contributed by atoms with Gasteiger partial charge < -0.3 is 5.11 Å². The van der Waals surface area contributed by atoms with E-state index in [0.29, 0.717) is 0 Å². The third-order valence-electron chi connectivity index (χ3n) is 4.51. The van der Waals surface area contributed by atoms with E-state index in [4.69, 9.17) is 10.1 Å². The van der Waals surface area contributed by atoms with E-state index in [1.54, 1.807) is 12.1 Å². The number of fused-ring (bicyclic) bond motifs is 3. The lowest BCUT2D eigenvalue weighted by Gasteiger charge is -2.07. The van der Waals surface area contributed by atoms with Crippen molar-refractivity contribution in [3.63, 3.8) is 0 Å². The predicted molar refractivity (Wildman–Crippen MR) is 103 cm³/mol. The van der Waals surface area contributed by atoms with Gasteiger partial charge in [0.2, 0.25) is 0 Å².